The Hall–Kier alpha value is -1.11. The average Bonchev–Trinajstić information content (AvgIpc) is 2.91. The Morgan fingerprint density at radius 1 is 1.38 bits per heavy atom. The molecule has 2 heterocycles. The fourth-order valence-electron chi connectivity index (χ4n) is 1.44. The number of furan rings is 1. The van der Waals surface area contributed by atoms with Gasteiger partial charge in [-0.3, -0.25) is 0 Å². The first-order valence-electron chi connectivity index (χ1n) is 4.67. The molecule has 0 amide bonds. The van der Waals surface area contributed by atoms with E-state index in [-0.39, 0.29) is 6.54 Å². The van der Waals surface area contributed by atoms with Crippen molar-refractivity contribution in [2.75, 3.05) is 6.54 Å². The SMILES string of the molecule is NC[C@@H](c1ccco1)S(=O)(=O)c1cccs1. The lowest BCUT2D eigenvalue weighted by molar-refractivity contribution is 0.492. The lowest BCUT2D eigenvalue weighted by Gasteiger charge is -2.11. The van der Waals surface area contributed by atoms with E-state index in [1.807, 2.05) is 0 Å². The summed E-state index contributed by atoms with van der Waals surface area (Å²) in [6.45, 7) is 0.00769. The number of sulfone groups is 1. The fourth-order valence-corrected chi connectivity index (χ4v) is 4.18. The summed E-state index contributed by atoms with van der Waals surface area (Å²) in [6, 6.07) is 6.56. The highest BCUT2D eigenvalue weighted by atomic mass is 32.2. The molecule has 0 saturated heterocycles. The first-order chi connectivity index (χ1) is 7.66. The Bertz CT molecular complexity index is 529. The fraction of sp³-hybridized carbons (Fsp3) is 0.200. The quantitative estimate of drug-likeness (QED) is 0.906. The van der Waals surface area contributed by atoms with Crippen molar-refractivity contribution in [3.8, 4) is 0 Å². The zero-order chi connectivity index (χ0) is 11.6. The van der Waals surface area contributed by atoms with Gasteiger partial charge in [-0.25, -0.2) is 8.42 Å². The van der Waals surface area contributed by atoms with E-state index in [1.165, 1.54) is 17.6 Å². The second kappa shape index (κ2) is 4.40. The smallest absolute Gasteiger partial charge is 0.199 e. The first-order valence-corrected chi connectivity index (χ1v) is 7.09. The first kappa shape index (κ1) is 11.4. The van der Waals surface area contributed by atoms with Crippen molar-refractivity contribution < 1.29 is 12.8 Å². The van der Waals surface area contributed by atoms with E-state index in [2.05, 4.69) is 0 Å². The van der Waals surface area contributed by atoms with Crippen molar-refractivity contribution >= 4 is 21.2 Å². The van der Waals surface area contributed by atoms with Crippen LogP contribution >= 0.6 is 11.3 Å². The van der Waals surface area contributed by atoms with Gasteiger partial charge in [0.25, 0.3) is 0 Å². The highest BCUT2D eigenvalue weighted by Gasteiger charge is 2.30. The van der Waals surface area contributed by atoms with Gasteiger partial charge >= 0.3 is 0 Å². The molecule has 1 atom stereocenters. The lowest BCUT2D eigenvalue weighted by atomic mass is 10.3. The van der Waals surface area contributed by atoms with Crippen molar-refractivity contribution in [2.45, 2.75) is 9.46 Å². The molecule has 0 fully saturated rings. The number of rotatable bonds is 4. The molecule has 6 heteroatoms. The third-order valence-electron chi connectivity index (χ3n) is 2.22. The minimum Gasteiger partial charge on any atom is -0.468 e. The molecule has 16 heavy (non-hydrogen) atoms. The zero-order valence-corrected chi connectivity index (χ0v) is 10.0. The Labute approximate surface area is 97.6 Å². The third kappa shape index (κ3) is 1.91. The van der Waals surface area contributed by atoms with Crippen molar-refractivity contribution in [1.29, 1.82) is 0 Å². The molecule has 0 unspecified atom stereocenters. The lowest BCUT2D eigenvalue weighted by Crippen LogP contribution is -2.21. The van der Waals surface area contributed by atoms with Gasteiger partial charge in [0.05, 0.1) is 6.26 Å². The van der Waals surface area contributed by atoms with E-state index in [0.29, 0.717) is 9.97 Å². The molecule has 0 aliphatic heterocycles. The van der Waals surface area contributed by atoms with Gasteiger partial charge in [-0.05, 0) is 23.6 Å². The molecule has 0 radical (unpaired) electrons. The maximum Gasteiger partial charge on any atom is 0.199 e. The molecule has 0 aliphatic rings. The highest BCUT2D eigenvalue weighted by Crippen LogP contribution is 2.30. The van der Waals surface area contributed by atoms with Crippen LogP contribution < -0.4 is 5.73 Å². The van der Waals surface area contributed by atoms with Gasteiger partial charge in [0.1, 0.15) is 15.2 Å². The zero-order valence-electron chi connectivity index (χ0n) is 8.37. The van der Waals surface area contributed by atoms with E-state index in [9.17, 15) is 8.42 Å². The van der Waals surface area contributed by atoms with E-state index < -0.39 is 15.1 Å². The summed E-state index contributed by atoms with van der Waals surface area (Å²) in [6.07, 6.45) is 1.45. The molecular weight excluding hydrogens is 246 g/mol. The number of hydrogen-bond acceptors (Lipinski definition) is 5. The second-order valence-corrected chi connectivity index (χ2v) is 6.52. The molecule has 2 rings (SSSR count). The predicted molar refractivity (Wildman–Crippen MR) is 62.0 cm³/mol. The van der Waals surface area contributed by atoms with Crippen LogP contribution in [0.1, 0.15) is 11.0 Å². The molecule has 2 aromatic heterocycles. The van der Waals surface area contributed by atoms with E-state index >= 15 is 0 Å². The molecule has 2 N–H and O–H groups in total. The largest absolute Gasteiger partial charge is 0.468 e. The molecule has 2 aromatic rings. The third-order valence-corrected chi connectivity index (χ3v) is 5.74. The van der Waals surface area contributed by atoms with Gasteiger partial charge < -0.3 is 10.2 Å². The predicted octanol–water partition coefficient (Wildman–Crippen LogP) is 1.81. The minimum absolute atomic E-state index is 0.00769. The molecular formula is C10H11NO3S2. The maximum absolute atomic E-state index is 12.2. The van der Waals surface area contributed by atoms with Crippen molar-refractivity contribution in [2.24, 2.45) is 5.73 Å². The molecule has 0 bridgehead atoms. The van der Waals surface area contributed by atoms with E-state index in [1.54, 1.807) is 29.6 Å². The van der Waals surface area contributed by atoms with Crippen LogP contribution in [-0.2, 0) is 9.84 Å². The normalized spacial score (nSPS) is 13.8. The molecule has 4 nitrogen and oxygen atoms in total. The molecule has 0 aromatic carbocycles. The number of nitrogens with two attached hydrogens (primary N) is 1. The van der Waals surface area contributed by atoms with Gasteiger partial charge in [-0.2, -0.15) is 0 Å². The molecule has 0 spiro atoms. The summed E-state index contributed by atoms with van der Waals surface area (Å²) in [5.74, 6) is 0.385. The minimum atomic E-state index is -3.43. The van der Waals surface area contributed by atoms with E-state index in [0.717, 1.165) is 0 Å². The summed E-state index contributed by atoms with van der Waals surface area (Å²) < 4.78 is 29.8. The van der Waals surface area contributed by atoms with Gasteiger partial charge in [-0.15, -0.1) is 11.3 Å². The van der Waals surface area contributed by atoms with Crippen LogP contribution in [0.3, 0.4) is 0 Å². The van der Waals surface area contributed by atoms with Crippen molar-refractivity contribution in [1.82, 2.24) is 0 Å². The van der Waals surface area contributed by atoms with Crippen LogP contribution in [0.5, 0.6) is 0 Å². The van der Waals surface area contributed by atoms with Crippen LogP contribution in [0.4, 0.5) is 0 Å². The Morgan fingerprint density at radius 2 is 2.19 bits per heavy atom. The summed E-state index contributed by atoms with van der Waals surface area (Å²) in [5, 5.41) is 0.920. The van der Waals surface area contributed by atoms with Crippen LogP contribution in [-0.4, -0.2) is 15.0 Å². The second-order valence-electron chi connectivity index (χ2n) is 3.22. The van der Waals surface area contributed by atoms with Crippen LogP contribution in [0.2, 0.25) is 0 Å². The van der Waals surface area contributed by atoms with Crippen LogP contribution in [0.15, 0.2) is 44.5 Å². The topological polar surface area (TPSA) is 73.3 Å². The molecule has 0 saturated carbocycles. The summed E-state index contributed by atoms with van der Waals surface area (Å²) >= 11 is 1.19. The van der Waals surface area contributed by atoms with Gasteiger partial charge in [0.2, 0.25) is 0 Å². The molecule has 0 aliphatic carbocycles. The van der Waals surface area contributed by atoms with Gasteiger partial charge in [0, 0.05) is 6.54 Å². The van der Waals surface area contributed by atoms with Crippen molar-refractivity contribution in [3.05, 3.63) is 41.7 Å². The summed E-state index contributed by atoms with van der Waals surface area (Å²) in [4.78, 5) is 0. The Morgan fingerprint density at radius 3 is 2.69 bits per heavy atom. The van der Waals surface area contributed by atoms with Crippen LogP contribution in [0.25, 0.3) is 0 Å². The summed E-state index contributed by atoms with van der Waals surface area (Å²) in [5.41, 5.74) is 5.52. The van der Waals surface area contributed by atoms with Gasteiger partial charge in [-0.1, -0.05) is 6.07 Å². The monoisotopic (exact) mass is 257 g/mol. The Kier molecular flexibility index (Phi) is 3.13. The number of thiophene rings is 1. The average molecular weight is 257 g/mol. The number of hydrogen-bond donors (Lipinski definition) is 1. The summed E-state index contributed by atoms with van der Waals surface area (Å²) in [7, 11) is -3.43. The Balaban J connectivity index is 2.43. The molecule has 86 valence electrons. The maximum atomic E-state index is 12.2. The van der Waals surface area contributed by atoms with Gasteiger partial charge in [0.15, 0.2) is 9.84 Å². The standard InChI is InChI=1S/C10H11NO3S2/c11-7-9(8-3-1-5-14-8)16(12,13)10-4-2-6-15-10/h1-6,9H,7,11H2/t9-/m0/s1. The van der Waals surface area contributed by atoms with Crippen LogP contribution in [0, 0.1) is 0 Å². The highest BCUT2D eigenvalue weighted by molar-refractivity contribution is 7.93. The van der Waals surface area contributed by atoms with E-state index in [4.69, 9.17) is 10.2 Å². The van der Waals surface area contributed by atoms with Crippen molar-refractivity contribution in [3.63, 3.8) is 0 Å².